The average Bonchev–Trinajstić information content (AvgIpc) is 2.94. The summed E-state index contributed by atoms with van der Waals surface area (Å²) in [6, 6.07) is 6.42. The second-order valence-electron chi connectivity index (χ2n) is 6.65. The molecule has 1 aromatic heterocycles. The number of rotatable bonds is 6. The molecule has 2 rings (SSSR count). The number of benzene rings is 1. The first-order valence-electron chi connectivity index (χ1n) is 7.90. The molecule has 0 bridgehead atoms. The standard InChI is InChI=1S/C17H20ClN3O5/c1-17(2,3)25-16(24)19-12(8-10-4-6-11(18)7-5-10)15-20-13(26-21-15)9-14(22)23/h4-7,12H,8-9H2,1-3H3,(H,19,24)(H,22,23). The summed E-state index contributed by atoms with van der Waals surface area (Å²) in [7, 11) is 0. The van der Waals surface area contributed by atoms with Crippen LogP contribution < -0.4 is 5.32 Å². The van der Waals surface area contributed by atoms with Gasteiger partial charge in [0.2, 0.25) is 5.89 Å². The molecule has 2 N–H and O–H groups in total. The van der Waals surface area contributed by atoms with E-state index in [1.807, 2.05) is 12.1 Å². The van der Waals surface area contributed by atoms with Crippen molar-refractivity contribution in [2.24, 2.45) is 0 Å². The summed E-state index contributed by atoms with van der Waals surface area (Å²) in [5, 5.41) is 15.9. The zero-order valence-corrected chi connectivity index (χ0v) is 15.4. The lowest BCUT2D eigenvalue weighted by atomic mass is 10.1. The summed E-state index contributed by atoms with van der Waals surface area (Å²) in [5.74, 6) is -0.962. The van der Waals surface area contributed by atoms with Crippen LogP contribution in [0.4, 0.5) is 4.79 Å². The van der Waals surface area contributed by atoms with Crippen molar-refractivity contribution in [2.75, 3.05) is 0 Å². The lowest BCUT2D eigenvalue weighted by Gasteiger charge is -2.22. The van der Waals surface area contributed by atoms with Crippen LogP contribution in [0.15, 0.2) is 28.8 Å². The van der Waals surface area contributed by atoms with Gasteiger partial charge < -0.3 is 19.7 Å². The van der Waals surface area contributed by atoms with Crippen molar-refractivity contribution < 1.29 is 24.0 Å². The van der Waals surface area contributed by atoms with E-state index in [4.69, 9.17) is 26.0 Å². The average molecular weight is 382 g/mol. The first kappa shape index (κ1) is 19.7. The van der Waals surface area contributed by atoms with Crippen LogP contribution in [0.5, 0.6) is 0 Å². The van der Waals surface area contributed by atoms with Gasteiger partial charge in [0.05, 0.1) is 6.04 Å². The Kier molecular flexibility index (Phi) is 6.20. The molecule has 0 saturated carbocycles. The van der Waals surface area contributed by atoms with Crippen molar-refractivity contribution in [2.45, 2.75) is 45.3 Å². The Hall–Kier alpha value is -2.61. The number of nitrogens with zero attached hydrogens (tertiary/aromatic N) is 2. The number of hydrogen-bond donors (Lipinski definition) is 2. The van der Waals surface area contributed by atoms with Crippen LogP contribution in [0.25, 0.3) is 0 Å². The second-order valence-corrected chi connectivity index (χ2v) is 7.08. The second kappa shape index (κ2) is 8.18. The van der Waals surface area contributed by atoms with Gasteiger partial charge in [0.15, 0.2) is 5.82 Å². The van der Waals surface area contributed by atoms with Gasteiger partial charge in [-0.15, -0.1) is 0 Å². The van der Waals surface area contributed by atoms with Crippen molar-refractivity contribution in [1.29, 1.82) is 0 Å². The molecular formula is C17H20ClN3O5. The molecule has 9 heteroatoms. The maximum Gasteiger partial charge on any atom is 0.408 e. The van der Waals surface area contributed by atoms with E-state index >= 15 is 0 Å². The molecule has 0 radical (unpaired) electrons. The van der Waals surface area contributed by atoms with Gasteiger partial charge in [0, 0.05) is 11.4 Å². The topological polar surface area (TPSA) is 115 Å². The number of alkyl carbamates (subject to hydrolysis) is 1. The monoisotopic (exact) mass is 381 g/mol. The molecule has 0 aliphatic heterocycles. The summed E-state index contributed by atoms with van der Waals surface area (Å²) in [6.07, 6.45) is -0.684. The van der Waals surface area contributed by atoms with E-state index in [1.54, 1.807) is 32.9 Å². The van der Waals surface area contributed by atoms with Gasteiger partial charge in [-0.05, 0) is 38.5 Å². The van der Waals surface area contributed by atoms with Crippen molar-refractivity contribution in [3.8, 4) is 0 Å². The van der Waals surface area contributed by atoms with Crippen molar-refractivity contribution in [1.82, 2.24) is 15.5 Å². The summed E-state index contributed by atoms with van der Waals surface area (Å²) in [6.45, 7) is 5.25. The van der Waals surface area contributed by atoms with Crippen LogP contribution in [-0.4, -0.2) is 32.9 Å². The van der Waals surface area contributed by atoms with E-state index in [1.165, 1.54) is 0 Å². The van der Waals surface area contributed by atoms with E-state index in [0.717, 1.165) is 5.56 Å². The predicted octanol–water partition coefficient (Wildman–Crippen LogP) is 3.16. The van der Waals surface area contributed by atoms with Crippen LogP contribution in [0.2, 0.25) is 5.02 Å². The first-order chi connectivity index (χ1) is 12.1. The number of amides is 1. The molecule has 26 heavy (non-hydrogen) atoms. The number of aromatic nitrogens is 2. The Morgan fingerprint density at radius 1 is 1.31 bits per heavy atom. The van der Waals surface area contributed by atoms with Gasteiger partial charge in [0.1, 0.15) is 12.0 Å². The minimum absolute atomic E-state index is 0.0420. The molecule has 1 amide bonds. The molecule has 0 saturated heterocycles. The fourth-order valence-electron chi connectivity index (χ4n) is 2.12. The lowest BCUT2D eigenvalue weighted by molar-refractivity contribution is -0.136. The normalized spacial score (nSPS) is 12.5. The van der Waals surface area contributed by atoms with Crippen molar-refractivity contribution in [3.05, 3.63) is 46.6 Å². The third-order valence-electron chi connectivity index (χ3n) is 3.14. The summed E-state index contributed by atoms with van der Waals surface area (Å²) in [4.78, 5) is 27.0. The molecule has 0 aliphatic rings. The van der Waals surface area contributed by atoms with Crippen LogP contribution in [0.1, 0.15) is 44.1 Å². The number of carboxylic acids is 1. The van der Waals surface area contributed by atoms with Crippen LogP contribution in [0, 0.1) is 0 Å². The Morgan fingerprint density at radius 2 is 1.96 bits per heavy atom. The van der Waals surface area contributed by atoms with Crippen LogP contribution in [-0.2, 0) is 22.4 Å². The van der Waals surface area contributed by atoms with E-state index < -0.39 is 30.1 Å². The maximum atomic E-state index is 12.1. The molecule has 2 aromatic rings. The zero-order chi connectivity index (χ0) is 19.3. The number of halogens is 1. The highest BCUT2D eigenvalue weighted by molar-refractivity contribution is 6.30. The van der Waals surface area contributed by atoms with E-state index in [9.17, 15) is 9.59 Å². The van der Waals surface area contributed by atoms with E-state index in [2.05, 4.69) is 15.5 Å². The number of ether oxygens (including phenoxy) is 1. The Labute approximate surface area is 155 Å². The van der Waals surface area contributed by atoms with Crippen molar-refractivity contribution in [3.63, 3.8) is 0 Å². The quantitative estimate of drug-likeness (QED) is 0.789. The highest BCUT2D eigenvalue weighted by Crippen LogP contribution is 2.19. The third kappa shape index (κ3) is 6.36. The maximum absolute atomic E-state index is 12.1. The molecule has 8 nitrogen and oxygen atoms in total. The fourth-order valence-corrected chi connectivity index (χ4v) is 2.25. The summed E-state index contributed by atoms with van der Waals surface area (Å²) >= 11 is 5.89. The largest absolute Gasteiger partial charge is 0.481 e. The number of hydrogen-bond acceptors (Lipinski definition) is 6. The number of carbonyl (C=O) groups is 2. The summed E-state index contributed by atoms with van der Waals surface area (Å²) < 4.78 is 10.2. The molecule has 0 aliphatic carbocycles. The molecule has 1 atom stereocenters. The van der Waals surface area contributed by atoms with Gasteiger partial charge in [-0.2, -0.15) is 4.98 Å². The molecular weight excluding hydrogens is 362 g/mol. The molecule has 1 unspecified atom stereocenters. The Balaban J connectivity index is 2.19. The van der Waals surface area contributed by atoms with Crippen LogP contribution >= 0.6 is 11.6 Å². The molecule has 140 valence electrons. The molecule has 0 fully saturated rings. The number of aliphatic carboxylic acids is 1. The highest BCUT2D eigenvalue weighted by atomic mass is 35.5. The minimum Gasteiger partial charge on any atom is -0.481 e. The predicted molar refractivity (Wildman–Crippen MR) is 92.9 cm³/mol. The van der Waals surface area contributed by atoms with Gasteiger partial charge in [0.25, 0.3) is 0 Å². The lowest BCUT2D eigenvalue weighted by Crippen LogP contribution is -2.36. The summed E-state index contributed by atoms with van der Waals surface area (Å²) in [5.41, 5.74) is 0.209. The van der Waals surface area contributed by atoms with Gasteiger partial charge >= 0.3 is 12.1 Å². The fraction of sp³-hybridized carbons (Fsp3) is 0.412. The highest BCUT2D eigenvalue weighted by Gasteiger charge is 2.25. The molecule has 0 spiro atoms. The van der Waals surface area contributed by atoms with Crippen LogP contribution in [0.3, 0.4) is 0 Å². The minimum atomic E-state index is -1.09. The van der Waals surface area contributed by atoms with Gasteiger partial charge in [-0.3, -0.25) is 4.79 Å². The van der Waals surface area contributed by atoms with E-state index in [0.29, 0.717) is 11.4 Å². The van der Waals surface area contributed by atoms with Gasteiger partial charge in [-0.25, -0.2) is 4.79 Å². The molecule has 1 heterocycles. The number of carboxylic acid groups (broad SMARTS) is 1. The zero-order valence-electron chi connectivity index (χ0n) is 14.7. The Bertz CT molecular complexity index is 767. The third-order valence-corrected chi connectivity index (χ3v) is 3.39. The van der Waals surface area contributed by atoms with Crippen molar-refractivity contribution >= 4 is 23.7 Å². The smallest absolute Gasteiger partial charge is 0.408 e. The molecule has 1 aromatic carbocycles. The number of nitrogens with one attached hydrogen (secondary N) is 1. The number of carbonyl (C=O) groups excluding carboxylic acids is 1. The van der Waals surface area contributed by atoms with E-state index in [-0.39, 0.29) is 11.7 Å². The SMILES string of the molecule is CC(C)(C)OC(=O)NC(Cc1ccc(Cl)cc1)c1noc(CC(=O)O)n1. The Morgan fingerprint density at radius 3 is 2.54 bits per heavy atom. The van der Waals surface area contributed by atoms with Gasteiger partial charge in [-0.1, -0.05) is 28.9 Å². The first-order valence-corrected chi connectivity index (χ1v) is 8.28.